The number of aromatic nitrogens is 1. The summed E-state index contributed by atoms with van der Waals surface area (Å²) in [6.45, 7) is 11.5. The molecule has 2 nitrogen and oxygen atoms in total. The van der Waals surface area contributed by atoms with Gasteiger partial charge in [0.05, 0.1) is 0 Å². The highest BCUT2D eigenvalue weighted by Crippen LogP contribution is 2.72. The zero-order chi connectivity index (χ0) is 13.3. The molecule has 0 unspecified atom stereocenters. The van der Waals surface area contributed by atoms with Gasteiger partial charge in [0.25, 0.3) is 0 Å². The second-order valence-corrected chi connectivity index (χ2v) is 7.14. The van der Waals surface area contributed by atoms with Crippen LogP contribution in [0, 0.1) is 17.8 Å². The highest BCUT2D eigenvalue weighted by atomic mass is 16.1. The molecule has 1 aromatic rings. The van der Waals surface area contributed by atoms with Gasteiger partial charge in [-0.05, 0) is 36.7 Å². The van der Waals surface area contributed by atoms with Crippen LogP contribution in [0.5, 0.6) is 0 Å². The van der Waals surface area contributed by atoms with Crippen molar-refractivity contribution in [2.24, 2.45) is 10.8 Å². The number of aryl methyl sites for hydroxylation is 1. The molecule has 1 heterocycles. The van der Waals surface area contributed by atoms with Crippen LogP contribution in [-0.2, 0) is 6.42 Å². The Hall–Kier alpha value is -1.05. The maximum Gasteiger partial charge on any atom is 0.164 e. The highest BCUT2D eigenvalue weighted by Gasteiger charge is 2.66. The van der Waals surface area contributed by atoms with Gasteiger partial charge in [0, 0.05) is 29.4 Å². The number of ketones is 1. The minimum atomic E-state index is 0.324. The van der Waals surface area contributed by atoms with Crippen LogP contribution in [-0.4, -0.2) is 10.4 Å². The fourth-order valence-corrected chi connectivity index (χ4v) is 3.92. The average molecular weight is 245 g/mol. The first-order valence-electron chi connectivity index (χ1n) is 7.02. The molecule has 1 aromatic heterocycles. The van der Waals surface area contributed by atoms with E-state index in [1.165, 1.54) is 11.4 Å². The molecule has 0 amide bonds. The number of hydrogen-bond acceptors (Lipinski definition) is 1. The van der Waals surface area contributed by atoms with Crippen molar-refractivity contribution in [3.63, 3.8) is 0 Å². The first-order chi connectivity index (χ1) is 8.28. The maximum atomic E-state index is 12.0. The van der Waals surface area contributed by atoms with E-state index in [1.54, 1.807) is 0 Å². The van der Waals surface area contributed by atoms with Gasteiger partial charge in [-0.2, -0.15) is 0 Å². The van der Waals surface area contributed by atoms with Crippen molar-refractivity contribution in [2.45, 2.75) is 59.9 Å². The van der Waals surface area contributed by atoms with E-state index < -0.39 is 0 Å². The van der Waals surface area contributed by atoms with Crippen molar-refractivity contribution in [1.29, 1.82) is 0 Å². The first-order valence-corrected chi connectivity index (χ1v) is 7.02. The topological polar surface area (TPSA) is 22.0 Å². The Labute approximate surface area is 109 Å². The largest absolute Gasteiger partial charge is 0.344 e. The van der Waals surface area contributed by atoms with Crippen LogP contribution in [0.4, 0.5) is 0 Å². The molecule has 0 spiro atoms. The zero-order valence-electron chi connectivity index (χ0n) is 12.1. The fourth-order valence-electron chi connectivity index (χ4n) is 3.92. The van der Waals surface area contributed by atoms with Crippen LogP contribution in [0.1, 0.15) is 68.3 Å². The summed E-state index contributed by atoms with van der Waals surface area (Å²) in [5, 5.41) is 0. The molecular formula is C16H23NO. The number of nitrogens with zero attached hydrogens (tertiary/aromatic N) is 1. The Bertz CT molecular complexity index is 520. The van der Waals surface area contributed by atoms with Crippen LogP contribution < -0.4 is 0 Å². The van der Waals surface area contributed by atoms with E-state index in [4.69, 9.17) is 0 Å². The van der Waals surface area contributed by atoms with Crippen molar-refractivity contribution >= 4 is 5.78 Å². The SMILES string of the molecule is Cc1cc2c(n1C1C(C)(C)C1(C)C)CCCC2=O. The molecule has 0 atom stereocenters. The Morgan fingerprint density at radius 2 is 1.78 bits per heavy atom. The molecule has 2 aliphatic carbocycles. The lowest BCUT2D eigenvalue weighted by Gasteiger charge is -2.17. The molecule has 1 saturated carbocycles. The number of Topliss-reactive ketones (excluding diaryl/α,β-unsaturated/α-hetero) is 1. The second-order valence-electron chi connectivity index (χ2n) is 7.14. The first kappa shape index (κ1) is 12.0. The number of carbonyl (C=O) groups excluding carboxylic acids is 1. The lowest BCUT2D eigenvalue weighted by Crippen LogP contribution is -2.14. The number of hydrogen-bond donors (Lipinski definition) is 0. The number of rotatable bonds is 1. The van der Waals surface area contributed by atoms with E-state index in [1.807, 2.05) is 0 Å². The highest BCUT2D eigenvalue weighted by molar-refractivity contribution is 5.98. The third-order valence-electron chi connectivity index (χ3n) is 5.66. The molecule has 0 aromatic carbocycles. The molecule has 1 fully saturated rings. The minimum Gasteiger partial charge on any atom is -0.344 e. The standard InChI is InChI=1S/C16H23NO/c1-10-9-11-12(7-6-8-13(11)18)17(10)14-15(2,3)16(14,4)5/h9,14H,6-8H2,1-5H3. The van der Waals surface area contributed by atoms with Gasteiger partial charge in [0.15, 0.2) is 5.78 Å². The van der Waals surface area contributed by atoms with E-state index in [-0.39, 0.29) is 0 Å². The summed E-state index contributed by atoms with van der Waals surface area (Å²) >= 11 is 0. The minimum absolute atomic E-state index is 0.324. The summed E-state index contributed by atoms with van der Waals surface area (Å²) in [7, 11) is 0. The smallest absolute Gasteiger partial charge is 0.164 e. The summed E-state index contributed by atoms with van der Waals surface area (Å²) in [4.78, 5) is 12.0. The van der Waals surface area contributed by atoms with Gasteiger partial charge in [-0.3, -0.25) is 4.79 Å². The van der Waals surface area contributed by atoms with E-state index in [0.29, 0.717) is 22.7 Å². The van der Waals surface area contributed by atoms with Gasteiger partial charge in [0.1, 0.15) is 0 Å². The quantitative estimate of drug-likeness (QED) is 0.735. The van der Waals surface area contributed by atoms with E-state index in [9.17, 15) is 4.79 Å². The van der Waals surface area contributed by atoms with Gasteiger partial charge in [-0.15, -0.1) is 0 Å². The normalized spacial score (nSPS) is 25.1. The van der Waals surface area contributed by atoms with Crippen LogP contribution in [0.3, 0.4) is 0 Å². The monoisotopic (exact) mass is 245 g/mol. The number of fused-ring (bicyclic) bond motifs is 1. The van der Waals surface area contributed by atoms with Gasteiger partial charge >= 0.3 is 0 Å². The lowest BCUT2D eigenvalue weighted by atomic mass is 9.96. The molecule has 98 valence electrons. The lowest BCUT2D eigenvalue weighted by molar-refractivity contribution is 0.0971. The molecule has 0 N–H and O–H groups in total. The van der Waals surface area contributed by atoms with Crippen LogP contribution in [0.2, 0.25) is 0 Å². The molecule has 3 rings (SSSR count). The van der Waals surface area contributed by atoms with Gasteiger partial charge in [0.2, 0.25) is 0 Å². The molecule has 2 aliphatic rings. The van der Waals surface area contributed by atoms with Gasteiger partial charge in [-0.1, -0.05) is 27.7 Å². The number of carbonyl (C=O) groups is 1. The molecule has 0 aliphatic heterocycles. The third kappa shape index (κ3) is 1.27. The Morgan fingerprint density at radius 1 is 1.17 bits per heavy atom. The summed E-state index contributed by atoms with van der Waals surface area (Å²) in [6.07, 6.45) is 2.81. The predicted octanol–water partition coefficient (Wildman–Crippen LogP) is 3.92. The Morgan fingerprint density at radius 3 is 2.33 bits per heavy atom. The second kappa shape index (κ2) is 3.28. The van der Waals surface area contributed by atoms with Crippen molar-refractivity contribution in [3.8, 4) is 0 Å². The maximum absolute atomic E-state index is 12.0. The van der Waals surface area contributed by atoms with E-state index in [2.05, 4.69) is 45.3 Å². The van der Waals surface area contributed by atoms with E-state index in [0.717, 1.165) is 24.8 Å². The predicted molar refractivity (Wildman–Crippen MR) is 73.0 cm³/mol. The van der Waals surface area contributed by atoms with Gasteiger partial charge < -0.3 is 4.57 Å². The summed E-state index contributed by atoms with van der Waals surface area (Å²) in [5.74, 6) is 0.342. The summed E-state index contributed by atoms with van der Waals surface area (Å²) in [6, 6.07) is 2.65. The molecular weight excluding hydrogens is 222 g/mol. The summed E-state index contributed by atoms with van der Waals surface area (Å²) in [5.41, 5.74) is 4.21. The summed E-state index contributed by atoms with van der Waals surface area (Å²) < 4.78 is 2.46. The fraction of sp³-hybridized carbons (Fsp3) is 0.688. The zero-order valence-corrected chi connectivity index (χ0v) is 12.1. The molecule has 0 saturated heterocycles. The van der Waals surface area contributed by atoms with Crippen LogP contribution >= 0.6 is 0 Å². The van der Waals surface area contributed by atoms with Crippen molar-refractivity contribution in [2.75, 3.05) is 0 Å². The molecule has 0 radical (unpaired) electrons. The van der Waals surface area contributed by atoms with Crippen LogP contribution in [0.15, 0.2) is 6.07 Å². The average Bonchev–Trinajstić information content (AvgIpc) is 2.55. The van der Waals surface area contributed by atoms with E-state index >= 15 is 0 Å². The third-order valence-corrected chi connectivity index (χ3v) is 5.66. The Balaban J connectivity index is 2.13. The van der Waals surface area contributed by atoms with Gasteiger partial charge in [-0.25, -0.2) is 0 Å². The van der Waals surface area contributed by atoms with Crippen molar-refractivity contribution in [3.05, 3.63) is 23.0 Å². The van der Waals surface area contributed by atoms with Crippen LogP contribution in [0.25, 0.3) is 0 Å². The molecule has 2 heteroatoms. The molecule has 18 heavy (non-hydrogen) atoms. The van der Waals surface area contributed by atoms with Crippen molar-refractivity contribution in [1.82, 2.24) is 4.57 Å². The Kier molecular flexibility index (Phi) is 2.19. The molecule has 0 bridgehead atoms. The van der Waals surface area contributed by atoms with Crippen molar-refractivity contribution < 1.29 is 4.79 Å².